The number of para-hydroxylation sites is 1. The van der Waals surface area contributed by atoms with E-state index in [1.54, 1.807) is 11.0 Å². The molecular formula is C14H18N2O3S. The molecule has 2 heterocycles. The summed E-state index contributed by atoms with van der Waals surface area (Å²) in [5.41, 5.74) is 8.49. The third-order valence-electron chi connectivity index (χ3n) is 4.12. The zero-order chi connectivity index (χ0) is 14.3. The molecule has 108 valence electrons. The Morgan fingerprint density at radius 2 is 2.20 bits per heavy atom. The zero-order valence-corrected chi connectivity index (χ0v) is 12.0. The van der Waals surface area contributed by atoms with Crippen LogP contribution in [0.15, 0.2) is 18.2 Å². The summed E-state index contributed by atoms with van der Waals surface area (Å²) in [4.78, 5) is 14.1. The van der Waals surface area contributed by atoms with Gasteiger partial charge in [0.2, 0.25) is 5.91 Å². The predicted octanol–water partition coefficient (Wildman–Crippen LogP) is 0.983. The SMILES string of the molecule is Nc1cccc2c1N(C(=O)CC1CCS(=O)(=O)C1)CC2. The molecule has 0 aliphatic carbocycles. The second-order valence-electron chi connectivity index (χ2n) is 5.62. The van der Waals surface area contributed by atoms with Crippen LogP contribution in [0.2, 0.25) is 0 Å². The van der Waals surface area contributed by atoms with Crippen molar-refractivity contribution in [3.05, 3.63) is 23.8 Å². The third-order valence-corrected chi connectivity index (χ3v) is 5.95. The standard InChI is InChI=1S/C14H18N2O3S/c15-12-3-1-2-11-4-6-16(14(11)12)13(17)8-10-5-7-20(18,19)9-10/h1-3,10H,4-9,15H2. The summed E-state index contributed by atoms with van der Waals surface area (Å²) in [7, 11) is -2.93. The summed E-state index contributed by atoms with van der Waals surface area (Å²) in [6.07, 6.45) is 1.71. The number of sulfone groups is 1. The Hall–Kier alpha value is -1.56. The highest BCUT2D eigenvalue weighted by atomic mass is 32.2. The third kappa shape index (κ3) is 2.40. The molecule has 1 atom stereocenters. The van der Waals surface area contributed by atoms with Crippen molar-refractivity contribution in [3.8, 4) is 0 Å². The molecule has 3 rings (SSSR count). The minimum absolute atomic E-state index is 0.0104. The van der Waals surface area contributed by atoms with Gasteiger partial charge in [-0.25, -0.2) is 8.42 Å². The summed E-state index contributed by atoms with van der Waals surface area (Å²) in [5.74, 6) is 0.304. The second kappa shape index (κ2) is 4.77. The molecule has 0 aromatic heterocycles. The summed E-state index contributed by atoms with van der Waals surface area (Å²) in [6, 6.07) is 5.68. The van der Waals surface area contributed by atoms with Gasteiger partial charge >= 0.3 is 0 Å². The Morgan fingerprint density at radius 1 is 1.40 bits per heavy atom. The van der Waals surface area contributed by atoms with Gasteiger partial charge in [-0.2, -0.15) is 0 Å². The molecule has 2 aliphatic heterocycles. The molecule has 1 fully saturated rings. The fraction of sp³-hybridized carbons (Fsp3) is 0.500. The maximum absolute atomic E-state index is 12.4. The van der Waals surface area contributed by atoms with Crippen LogP contribution in [-0.2, 0) is 21.1 Å². The lowest BCUT2D eigenvalue weighted by Gasteiger charge is -2.20. The largest absolute Gasteiger partial charge is 0.397 e. The van der Waals surface area contributed by atoms with Gasteiger partial charge in [0.15, 0.2) is 9.84 Å². The van der Waals surface area contributed by atoms with Gasteiger partial charge in [0, 0.05) is 13.0 Å². The lowest BCUT2D eigenvalue weighted by atomic mass is 10.0. The number of hydrogen-bond acceptors (Lipinski definition) is 4. The number of rotatable bonds is 2. The van der Waals surface area contributed by atoms with E-state index >= 15 is 0 Å². The van der Waals surface area contributed by atoms with Crippen molar-refractivity contribution in [3.63, 3.8) is 0 Å². The van der Waals surface area contributed by atoms with Crippen LogP contribution < -0.4 is 10.6 Å². The molecule has 1 aromatic carbocycles. The normalized spacial score (nSPS) is 23.8. The molecule has 5 nitrogen and oxygen atoms in total. The number of fused-ring (bicyclic) bond motifs is 1. The van der Waals surface area contributed by atoms with Gasteiger partial charge in [0.1, 0.15) is 0 Å². The quantitative estimate of drug-likeness (QED) is 0.825. The molecule has 0 saturated carbocycles. The number of hydrogen-bond donors (Lipinski definition) is 1. The van der Waals surface area contributed by atoms with E-state index in [-0.39, 0.29) is 23.3 Å². The van der Waals surface area contributed by atoms with Gasteiger partial charge in [-0.3, -0.25) is 4.79 Å². The first-order valence-corrected chi connectivity index (χ1v) is 8.66. The number of carbonyl (C=O) groups excluding carboxylic acids is 1. The van der Waals surface area contributed by atoms with Crippen LogP contribution in [0.1, 0.15) is 18.4 Å². The first-order valence-electron chi connectivity index (χ1n) is 6.84. The lowest BCUT2D eigenvalue weighted by molar-refractivity contribution is -0.119. The number of nitrogen functional groups attached to an aromatic ring is 1. The highest BCUT2D eigenvalue weighted by Crippen LogP contribution is 2.35. The number of nitrogens with two attached hydrogens (primary N) is 1. The van der Waals surface area contributed by atoms with Gasteiger partial charge in [-0.1, -0.05) is 12.1 Å². The summed E-state index contributed by atoms with van der Waals surface area (Å²) < 4.78 is 22.9. The average molecular weight is 294 g/mol. The van der Waals surface area contributed by atoms with Gasteiger partial charge in [0.25, 0.3) is 0 Å². The van der Waals surface area contributed by atoms with Crippen molar-refractivity contribution in [1.29, 1.82) is 0 Å². The van der Waals surface area contributed by atoms with Gasteiger partial charge < -0.3 is 10.6 Å². The van der Waals surface area contributed by atoms with Crippen LogP contribution in [0.4, 0.5) is 11.4 Å². The van der Waals surface area contributed by atoms with Crippen molar-refractivity contribution in [2.75, 3.05) is 28.7 Å². The Balaban J connectivity index is 1.75. The van der Waals surface area contributed by atoms with E-state index in [0.29, 0.717) is 25.1 Å². The minimum atomic E-state index is -2.93. The minimum Gasteiger partial charge on any atom is -0.397 e. The van der Waals surface area contributed by atoms with Crippen LogP contribution in [0.3, 0.4) is 0 Å². The molecule has 2 N–H and O–H groups in total. The van der Waals surface area contributed by atoms with E-state index in [4.69, 9.17) is 5.73 Å². The topological polar surface area (TPSA) is 80.5 Å². The number of benzene rings is 1. The maximum Gasteiger partial charge on any atom is 0.227 e. The van der Waals surface area contributed by atoms with Crippen LogP contribution >= 0.6 is 0 Å². The second-order valence-corrected chi connectivity index (χ2v) is 7.85. The zero-order valence-electron chi connectivity index (χ0n) is 11.2. The first kappa shape index (κ1) is 13.4. The molecule has 20 heavy (non-hydrogen) atoms. The summed E-state index contributed by atoms with van der Waals surface area (Å²) >= 11 is 0. The number of nitrogens with zero attached hydrogens (tertiary/aromatic N) is 1. The molecule has 1 aromatic rings. The Kier molecular flexibility index (Phi) is 3.20. The van der Waals surface area contributed by atoms with E-state index in [9.17, 15) is 13.2 Å². The van der Waals surface area contributed by atoms with E-state index in [1.807, 2.05) is 12.1 Å². The first-order chi connectivity index (χ1) is 9.46. The fourth-order valence-corrected chi connectivity index (χ4v) is 4.99. The number of carbonyl (C=O) groups is 1. The van der Waals surface area contributed by atoms with Crippen LogP contribution in [0.5, 0.6) is 0 Å². The van der Waals surface area contributed by atoms with Gasteiger partial charge in [-0.15, -0.1) is 0 Å². The van der Waals surface area contributed by atoms with Crippen molar-refractivity contribution < 1.29 is 13.2 Å². The Bertz CT molecular complexity index is 654. The Labute approximate surface area is 118 Å². The molecule has 0 bridgehead atoms. The molecule has 2 aliphatic rings. The molecule has 1 amide bonds. The molecule has 6 heteroatoms. The average Bonchev–Trinajstić information content (AvgIpc) is 2.94. The maximum atomic E-state index is 12.4. The summed E-state index contributed by atoms with van der Waals surface area (Å²) in [6.45, 7) is 0.641. The van der Waals surface area contributed by atoms with E-state index in [1.165, 1.54) is 0 Å². The highest BCUT2D eigenvalue weighted by molar-refractivity contribution is 7.91. The van der Waals surface area contributed by atoms with Crippen LogP contribution in [-0.4, -0.2) is 32.4 Å². The lowest BCUT2D eigenvalue weighted by Crippen LogP contribution is -2.31. The molecule has 0 spiro atoms. The molecule has 1 unspecified atom stereocenters. The van der Waals surface area contributed by atoms with E-state index < -0.39 is 9.84 Å². The van der Waals surface area contributed by atoms with E-state index in [2.05, 4.69) is 0 Å². The smallest absolute Gasteiger partial charge is 0.227 e. The number of amides is 1. The Morgan fingerprint density at radius 3 is 2.90 bits per heavy atom. The number of anilines is 2. The van der Waals surface area contributed by atoms with Crippen molar-refractivity contribution in [1.82, 2.24) is 0 Å². The monoisotopic (exact) mass is 294 g/mol. The predicted molar refractivity (Wildman–Crippen MR) is 78.3 cm³/mol. The van der Waals surface area contributed by atoms with Crippen molar-refractivity contribution in [2.45, 2.75) is 19.3 Å². The summed E-state index contributed by atoms with van der Waals surface area (Å²) in [5, 5.41) is 0. The molecule has 0 radical (unpaired) electrons. The van der Waals surface area contributed by atoms with Gasteiger partial charge in [0.05, 0.1) is 22.9 Å². The van der Waals surface area contributed by atoms with Gasteiger partial charge in [-0.05, 0) is 30.4 Å². The fourth-order valence-electron chi connectivity index (χ4n) is 3.13. The van der Waals surface area contributed by atoms with Crippen LogP contribution in [0.25, 0.3) is 0 Å². The molecular weight excluding hydrogens is 276 g/mol. The van der Waals surface area contributed by atoms with Crippen molar-refractivity contribution in [2.24, 2.45) is 5.92 Å². The molecule has 1 saturated heterocycles. The van der Waals surface area contributed by atoms with Crippen molar-refractivity contribution >= 4 is 27.1 Å². The van der Waals surface area contributed by atoms with E-state index in [0.717, 1.165) is 17.7 Å². The van der Waals surface area contributed by atoms with Crippen LogP contribution in [0, 0.1) is 5.92 Å². The highest BCUT2D eigenvalue weighted by Gasteiger charge is 2.33.